The molecule has 1 aliphatic heterocycles. The number of likely N-dealkylation sites (N-methyl/N-ethyl adjacent to an activating group) is 2. The summed E-state index contributed by atoms with van der Waals surface area (Å²) < 4.78 is 0. The first kappa shape index (κ1) is 14.7. The Morgan fingerprint density at radius 3 is 2.75 bits per heavy atom. The Kier molecular flexibility index (Phi) is 4.20. The molecule has 1 fully saturated rings. The van der Waals surface area contributed by atoms with Gasteiger partial charge in [-0.05, 0) is 21.0 Å². The number of aromatic amines is 1. The van der Waals surface area contributed by atoms with Crippen LogP contribution in [0.4, 0.5) is 0 Å². The van der Waals surface area contributed by atoms with E-state index < -0.39 is 5.97 Å². The molecule has 1 saturated heterocycles. The maximum atomic E-state index is 12.0. The van der Waals surface area contributed by atoms with Gasteiger partial charge < -0.3 is 15.0 Å². The van der Waals surface area contributed by atoms with Crippen LogP contribution in [-0.4, -0.2) is 64.6 Å². The highest BCUT2D eigenvalue weighted by atomic mass is 16.4. The first-order chi connectivity index (χ1) is 9.38. The number of carboxylic acid groups (broad SMARTS) is 1. The molecule has 0 aromatic carbocycles. The van der Waals surface area contributed by atoms with Gasteiger partial charge in [0, 0.05) is 30.9 Å². The average molecular weight is 280 g/mol. The van der Waals surface area contributed by atoms with E-state index in [1.807, 2.05) is 14.1 Å². The summed E-state index contributed by atoms with van der Waals surface area (Å²) in [4.78, 5) is 34.3. The molecule has 1 aromatic heterocycles. The van der Waals surface area contributed by atoms with Gasteiger partial charge in [0.1, 0.15) is 5.82 Å². The van der Waals surface area contributed by atoms with Gasteiger partial charge in [-0.2, -0.15) is 0 Å². The normalized spacial score (nSPS) is 21.1. The van der Waals surface area contributed by atoms with Crippen LogP contribution in [0, 0.1) is 6.92 Å². The van der Waals surface area contributed by atoms with Crippen LogP contribution >= 0.6 is 0 Å². The minimum absolute atomic E-state index is 0.0269. The third-order valence-corrected chi connectivity index (χ3v) is 3.74. The van der Waals surface area contributed by atoms with E-state index in [4.69, 9.17) is 5.11 Å². The molecule has 7 nitrogen and oxygen atoms in total. The number of hydrogen-bond acceptors (Lipinski definition) is 5. The summed E-state index contributed by atoms with van der Waals surface area (Å²) in [5.41, 5.74) is 0.373. The first-order valence-corrected chi connectivity index (χ1v) is 6.58. The minimum atomic E-state index is -1.03. The number of rotatable bonds is 3. The van der Waals surface area contributed by atoms with Crippen molar-refractivity contribution in [2.75, 3.05) is 33.7 Å². The summed E-state index contributed by atoms with van der Waals surface area (Å²) in [5, 5.41) is 8.82. The van der Waals surface area contributed by atoms with Crippen molar-refractivity contribution in [3.63, 3.8) is 0 Å². The molecule has 2 heterocycles. The van der Waals surface area contributed by atoms with E-state index in [1.54, 1.807) is 6.92 Å². The summed E-state index contributed by atoms with van der Waals surface area (Å²) in [6.45, 7) is 4.36. The van der Waals surface area contributed by atoms with Crippen molar-refractivity contribution in [1.29, 1.82) is 0 Å². The molecule has 0 spiro atoms. The highest BCUT2D eigenvalue weighted by Crippen LogP contribution is 2.20. The number of hydrogen-bond donors (Lipinski definition) is 2. The summed E-state index contributed by atoms with van der Waals surface area (Å²) >= 11 is 0. The number of carboxylic acids is 1. The molecule has 1 aliphatic rings. The van der Waals surface area contributed by atoms with Crippen LogP contribution in [0.15, 0.2) is 4.79 Å². The van der Waals surface area contributed by atoms with Crippen LogP contribution in [0.2, 0.25) is 0 Å². The van der Waals surface area contributed by atoms with Gasteiger partial charge in [-0.25, -0.2) is 4.98 Å². The number of H-pyrrole nitrogens is 1. The predicted molar refractivity (Wildman–Crippen MR) is 73.8 cm³/mol. The zero-order valence-corrected chi connectivity index (χ0v) is 12.0. The number of nitrogens with zero attached hydrogens (tertiary/aromatic N) is 3. The van der Waals surface area contributed by atoms with Crippen molar-refractivity contribution in [3.05, 3.63) is 27.4 Å². The van der Waals surface area contributed by atoms with Crippen LogP contribution in [0.1, 0.15) is 23.1 Å². The molecule has 2 rings (SSSR count). The van der Waals surface area contributed by atoms with Crippen LogP contribution in [0.3, 0.4) is 0 Å². The molecule has 20 heavy (non-hydrogen) atoms. The Labute approximate surface area is 117 Å². The quantitative estimate of drug-likeness (QED) is 0.785. The topological polar surface area (TPSA) is 89.5 Å². The number of aryl methyl sites for hydroxylation is 1. The monoisotopic (exact) mass is 280 g/mol. The van der Waals surface area contributed by atoms with Crippen LogP contribution in [0.5, 0.6) is 0 Å². The molecule has 110 valence electrons. The third kappa shape index (κ3) is 3.05. The largest absolute Gasteiger partial charge is 0.481 e. The summed E-state index contributed by atoms with van der Waals surface area (Å²) in [6, 6.07) is 0.0269. The van der Waals surface area contributed by atoms with E-state index in [9.17, 15) is 9.59 Å². The van der Waals surface area contributed by atoms with Gasteiger partial charge in [0.05, 0.1) is 12.5 Å². The van der Waals surface area contributed by atoms with Gasteiger partial charge in [0.2, 0.25) is 0 Å². The molecule has 1 aromatic rings. The zero-order chi connectivity index (χ0) is 14.9. The highest BCUT2D eigenvalue weighted by molar-refractivity contribution is 5.70. The second-order valence-electron chi connectivity index (χ2n) is 5.34. The predicted octanol–water partition coefficient (Wildman–Crippen LogP) is -0.376. The molecular formula is C13H20N4O3. The summed E-state index contributed by atoms with van der Waals surface area (Å²) in [7, 11) is 4.03. The van der Waals surface area contributed by atoms with Crippen molar-refractivity contribution < 1.29 is 9.90 Å². The van der Waals surface area contributed by atoms with Gasteiger partial charge in [0.25, 0.3) is 5.56 Å². The zero-order valence-electron chi connectivity index (χ0n) is 12.0. The summed E-state index contributed by atoms with van der Waals surface area (Å²) in [5.74, 6) is -0.418. The van der Waals surface area contributed by atoms with Crippen molar-refractivity contribution >= 4 is 5.97 Å². The highest BCUT2D eigenvalue weighted by Gasteiger charge is 2.26. The second-order valence-corrected chi connectivity index (χ2v) is 5.34. The minimum Gasteiger partial charge on any atom is -0.481 e. The van der Waals surface area contributed by atoms with E-state index in [0.29, 0.717) is 11.5 Å². The molecule has 7 heteroatoms. The van der Waals surface area contributed by atoms with E-state index >= 15 is 0 Å². The van der Waals surface area contributed by atoms with Crippen molar-refractivity contribution in [1.82, 2.24) is 19.8 Å². The van der Waals surface area contributed by atoms with Crippen LogP contribution in [0.25, 0.3) is 0 Å². The van der Waals surface area contributed by atoms with Crippen molar-refractivity contribution in [2.45, 2.75) is 19.4 Å². The Balaban J connectivity index is 2.34. The van der Waals surface area contributed by atoms with E-state index in [2.05, 4.69) is 19.8 Å². The van der Waals surface area contributed by atoms with Gasteiger partial charge in [-0.15, -0.1) is 0 Å². The number of piperazine rings is 1. The second kappa shape index (κ2) is 5.72. The van der Waals surface area contributed by atoms with Crippen LogP contribution < -0.4 is 5.56 Å². The standard InChI is InChI=1S/C13H20N4O3/c1-8-9(6-11(18)19)13(20)15-12(14-8)10-7-16(2)4-5-17(10)3/h10H,4-7H2,1-3H3,(H,18,19)(H,14,15,20). The number of nitrogens with one attached hydrogen (secondary N) is 1. The molecule has 0 amide bonds. The number of aromatic nitrogens is 2. The van der Waals surface area contributed by atoms with E-state index in [-0.39, 0.29) is 23.6 Å². The lowest BCUT2D eigenvalue weighted by Crippen LogP contribution is -2.46. The fourth-order valence-corrected chi connectivity index (χ4v) is 2.45. The average Bonchev–Trinajstić information content (AvgIpc) is 2.36. The molecular weight excluding hydrogens is 260 g/mol. The number of aliphatic carboxylic acids is 1. The Morgan fingerprint density at radius 1 is 1.45 bits per heavy atom. The van der Waals surface area contributed by atoms with Crippen LogP contribution in [-0.2, 0) is 11.2 Å². The molecule has 1 unspecified atom stereocenters. The van der Waals surface area contributed by atoms with Gasteiger partial charge in [-0.1, -0.05) is 0 Å². The lowest BCUT2D eigenvalue weighted by molar-refractivity contribution is -0.136. The van der Waals surface area contributed by atoms with Crippen molar-refractivity contribution in [3.8, 4) is 0 Å². The van der Waals surface area contributed by atoms with E-state index in [1.165, 1.54) is 0 Å². The fourth-order valence-electron chi connectivity index (χ4n) is 2.45. The molecule has 2 N–H and O–H groups in total. The fraction of sp³-hybridized carbons (Fsp3) is 0.615. The SMILES string of the molecule is Cc1nc(C2CN(C)CCN2C)[nH]c(=O)c1CC(=O)O. The van der Waals surface area contributed by atoms with Gasteiger partial charge >= 0.3 is 5.97 Å². The number of carbonyl (C=O) groups is 1. The summed E-state index contributed by atoms with van der Waals surface area (Å²) in [6.07, 6.45) is -0.297. The third-order valence-electron chi connectivity index (χ3n) is 3.74. The van der Waals surface area contributed by atoms with E-state index in [0.717, 1.165) is 19.6 Å². The molecule has 0 bridgehead atoms. The first-order valence-electron chi connectivity index (χ1n) is 6.58. The Hall–Kier alpha value is -1.73. The maximum absolute atomic E-state index is 12.0. The molecule has 0 saturated carbocycles. The smallest absolute Gasteiger partial charge is 0.308 e. The lowest BCUT2D eigenvalue weighted by atomic mass is 10.1. The van der Waals surface area contributed by atoms with Gasteiger partial charge in [0.15, 0.2) is 0 Å². The molecule has 1 atom stereocenters. The lowest BCUT2D eigenvalue weighted by Gasteiger charge is -2.37. The Morgan fingerprint density at radius 2 is 2.15 bits per heavy atom. The van der Waals surface area contributed by atoms with Gasteiger partial charge in [-0.3, -0.25) is 14.5 Å². The molecule has 0 aliphatic carbocycles. The maximum Gasteiger partial charge on any atom is 0.308 e. The molecule has 0 radical (unpaired) electrons. The Bertz CT molecular complexity index is 569. The van der Waals surface area contributed by atoms with Crippen molar-refractivity contribution in [2.24, 2.45) is 0 Å².